The van der Waals surface area contributed by atoms with Crippen LogP contribution in [-0.4, -0.2) is 16.8 Å². The van der Waals surface area contributed by atoms with Gasteiger partial charge in [-0.2, -0.15) is 4.91 Å². The Morgan fingerprint density at radius 2 is 1.84 bits per heavy atom. The number of carbonyl (C=O) groups is 2. The fourth-order valence-corrected chi connectivity index (χ4v) is 5.48. The molecule has 37 heavy (non-hydrogen) atoms. The summed E-state index contributed by atoms with van der Waals surface area (Å²) in [7, 11) is 0. The summed E-state index contributed by atoms with van der Waals surface area (Å²) in [5.41, 5.74) is 14.8. The zero-order valence-corrected chi connectivity index (χ0v) is 20.5. The molecule has 5 aromatic rings. The minimum atomic E-state index is -0.529. The molecule has 0 unspecified atom stereocenters. The van der Waals surface area contributed by atoms with Crippen molar-refractivity contribution in [1.29, 1.82) is 0 Å². The van der Waals surface area contributed by atoms with Crippen molar-refractivity contribution in [2.45, 2.75) is 26.9 Å². The first-order valence-electron chi connectivity index (χ1n) is 12.0. The summed E-state index contributed by atoms with van der Waals surface area (Å²) < 4.78 is 0. The second-order valence-electron chi connectivity index (χ2n) is 9.57. The number of aryl methyl sites for hydroxylation is 1. The third-order valence-electron chi connectivity index (χ3n) is 7.29. The average molecular weight is 489 g/mol. The van der Waals surface area contributed by atoms with Crippen LogP contribution in [0, 0.1) is 18.8 Å². The van der Waals surface area contributed by atoms with Crippen LogP contribution in [0.1, 0.15) is 43.0 Å². The van der Waals surface area contributed by atoms with Gasteiger partial charge in [-0.3, -0.25) is 9.59 Å². The van der Waals surface area contributed by atoms with Crippen molar-refractivity contribution in [3.63, 3.8) is 0 Å². The van der Waals surface area contributed by atoms with Gasteiger partial charge in [-0.1, -0.05) is 53.2 Å². The number of anilines is 1. The molecule has 1 aromatic heterocycles. The molecule has 0 fully saturated rings. The molecule has 0 saturated heterocycles. The molecule has 1 aliphatic rings. The maximum Gasteiger partial charge on any atom is 0.258 e. The first-order chi connectivity index (χ1) is 17.9. The van der Waals surface area contributed by atoms with Crippen molar-refractivity contribution in [2.24, 2.45) is 10.9 Å². The zero-order valence-electron chi connectivity index (χ0n) is 20.5. The number of aromatic amines is 1. The number of hydrogen-bond donors (Lipinski definition) is 2. The summed E-state index contributed by atoms with van der Waals surface area (Å²) in [6.45, 7) is 4.59. The van der Waals surface area contributed by atoms with Crippen LogP contribution in [0.2, 0.25) is 0 Å². The lowest BCUT2D eigenvalue weighted by Gasteiger charge is -2.21. The Hall–Kier alpha value is -4.78. The molecular weight excluding hydrogens is 464 g/mol. The smallest absolute Gasteiger partial charge is 0.258 e. The number of nitrogens with zero attached hydrogens (tertiary/aromatic N) is 2. The van der Waals surface area contributed by atoms with Gasteiger partial charge >= 0.3 is 0 Å². The van der Waals surface area contributed by atoms with Crippen LogP contribution in [0.25, 0.3) is 32.9 Å². The van der Waals surface area contributed by atoms with Crippen LogP contribution in [-0.2, 0) is 13.1 Å². The molecule has 7 nitrogen and oxygen atoms in total. The summed E-state index contributed by atoms with van der Waals surface area (Å²) in [4.78, 5) is 41.6. The maximum atomic E-state index is 13.3. The van der Waals surface area contributed by atoms with Crippen molar-refractivity contribution in [3.8, 4) is 11.1 Å². The molecular formula is C30H24N4O3. The lowest BCUT2D eigenvalue weighted by atomic mass is 9.93. The van der Waals surface area contributed by atoms with Gasteiger partial charge in [0.15, 0.2) is 0 Å². The quantitative estimate of drug-likeness (QED) is 0.290. The lowest BCUT2D eigenvalue weighted by molar-refractivity contribution is 0.0990. The van der Waals surface area contributed by atoms with Crippen LogP contribution in [0.4, 0.5) is 5.69 Å². The van der Waals surface area contributed by atoms with E-state index in [1.807, 2.05) is 79.4 Å². The number of nitroso groups, excluding NO2 is 1. The Balaban J connectivity index is 1.55. The third-order valence-corrected chi connectivity index (χ3v) is 7.29. The third kappa shape index (κ3) is 3.50. The highest BCUT2D eigenvalue weighted by Crippen LogP contribution is 2.41. The number of amides is 2. The van der Waals surface area contributed by atoms with Gasteiger partial charge < -0.3 is 15.6 Å². The van der Waals surface area contributed by atoms with Gasteiger partial charge in [-0.05, 0) is 65.9 Å². The highest BCUT2D eigenvalue weighted by molar-refractivity contribution is 6.20. The Morgan fingerprint density at radius 1 is 1.00 bits per heavy atom. The van der Waals surface area contributed by atoms with E-state index in [2.05, 4.69) is 10.2 Å². The number of hydrogen-bond acceptors (Lipinski definition) is 4. The van der Waals surface area contributed by atoms with E-state index in [1.54, 1.807) is 6.07 Å². The van der Waals surface area contributed by atoms with Crippen molar-refractivity contribution < 1.29 is 9.59 Å². The number of nitrogens with one attached hydrogen (secondary N) is 1. The van der Waals surface area contributed by atoms with Crippen molar-refractivity contribution in [3.05, 3.63) is 105 Å². The maximum absolute atomic E-state index is 13.3. The number of primary amides is 1. The van der Waals surface area contributed by atoms with E-state index in [0.717, 1.165) is 60.9 Å². The van der Waals surface area contributed by atoms with E-state index in [4.69, 9.17) is 5.73 Å². The Labute approximate surface area is 212 Å². The SMILES string of the molecule is Cc1ccc2c(c1)C(=O)N(c1cccc(-c3ccc(C(N)=O)c4[nH]c5cc(CN=O)ccc5c34)c1C)C2. The predicted molar refractivity (Wildman–Crippen MR) is 146 cm³/mol. The van der Waals surface area contributed by atoms with Gasteiger partial charge in [0.2, 0.25) is 0 Å². The summed E-state index contributed by atoms with van der Waals surface area (Å²) in [6.07, 6.45) is 0. The van der Waals surface area contributed by atoms with E-state index >= 15 is 0 Å². The van der Waals surface area contributed by atoms with E-state index in [0.29, 0.717) is 17.6 Å². The molecule has 3 N–H and O–H groups in total. The van der Waals surface area contributed by atoms with Crippen LogP contribution in [0.5, 0.6) is 0 Å². The largest absolute Gasteiger partial charge is 0.366 e. The molecule has 7 heteroatoms. The van der Waals surface area contributed by atoms with Crippen molar-refractivity contribution >= 4 is 39.3 Å². The first kappa shape index (κ1) is 22.7. The lowest BCUT2D eigenvalue weighted by Crippen LogP contribution is -2.24. The van der Waals surface area contributed by atoms with Crippen molar-refractivity contribution in [2.75, 3.05) is 4.90 Å². The van der Waals surface area contributed by atoms with Crippen LogP contribution >= 0.6 is 0 Å². The van der Waals surface area contributed by atoms with E-state index in [-0.39, 0.29) is 12.5 Å². The first-order valence-corrected chi connectivity index (χ1v) is 12.0. The Bertz CT molecular complexity index is 1780. The minimum Gasteiger partial charge on any atom is -0.366 e. The van der Waals surface area contributed by atoms with E-state index < -0.39 is 5.91 Å². The molecule has 0 spiro atoms. The number of rotatable bonds is 5. The number of fused-ring (bicyclic) bond motifs is 4. The highest BCUT2D eigenvalue weighted by atomic mass is 16.3. The molecule has 0 aliphatic carbocycles. The average Bonchev–Trinajstić information content (AvgIpc) is 3.41. The van der Waals surface area contributed by atoms with Gasteiger partial charge in [-0.25, -0.2) is 0 Å². The molecule has 2 heterocycles. The molecule has 1 aliphatic heterocycles. The Morgan fingerprint density at radius 3 is 2.62 bits per heavy atom. The zero-order chi connectivity index (χ0) is 25.8. The number of aromatic nitrogens is 1. The number of benzene rings is 4. The summed E-state index contributed by atoms with van der Waals surface area (Å²) in [5.74, 6) is -0.532. The normalized spacial score (nSPS) is 12.9. The van der Waals surface area contributed by atoms with Gasteiger partial charge in [0.05, 0.1) is 17.6 Å². The monoisotopic (exact) mass is 488 g/mol. The van der Waals surface area contributed by atoms with Crippen LogP contribution < -0.4 is 10.6 Å². The molecule has 4 aromatic carbocycles. The minimum absolute atomic E-state index is 0.00316. The number of H-pyrrole nitrogens is 1. The molecule has 0 radical (unpaired) electrons. The fraction of sp³-hybridized carbons (Fsp3) is 0.133. The molecule has 0 atom stereocenters. The van der Waals surface area contributed by atoms with Gasteiger partial charge in [-0.15, -0.1) is 0 Å². The standard InChI is InChI=1S/C30H24N4O3/c1-16-6-8-19-15-34(30(36)24(19)12-16)26-5-3-4-20(17(26)2)21-10-11-23(29(31)35)28-27(21)22-9-7-18(14-32-37)13-25(22)33-28/h3-13,33H,14-15H2,1-2H3,(H2,31,35). The van der Waals surface area contributed by atoms with E-state index in [9.17, 15) is 14.5 Å². The van der Waals surface area contributed by atoms with Crippen LogP contribution in [0.15, 0.2) is 71.9 Å². The molecule has 0 saturated carbocycles. The molecule has 2 amide bonds. The van der Waals surface area contributed by atoms with E-state index in [1.165, 1.54) is 0 Å². The Kier molecular flexibility index (Phi) is 5.15. The van der Waals surface area contributed by atoms with Gasteiger partial charge in [0.25, 0.3) is 11.8 Å². The van der Waals surface area contributed by atoms with Gasteiger partial charge in [0.1, 0.15) is 6.54 Å². The molecule has 6 rings (SSSR count). The number of nitrogens with two attached hydrogens (primary N) is 1. The summed E-state index contributed by atoms with van der Waals surface area (Å²) >= 11 is 0. The summed E-state index contributed by atoms with van der Waals surface area (Å²) in [6, 6.07) is 21.3. The van der Waals surface area contributed by atoms with Crippen molar-refractivity contribution in [1.82, 2.24) is 4.98 Å². The van der Waals surface area contributed by atoms with Gasteiger partial charge in [0, 0.05) is 27.5 Å². The molecule has 182 valence electrons. The molecule has 0 bridgehead atoms. The summed E-state index contributed by atoms with van der Waals surface area (Å²) in [5, 5.41) is 4.77. The van der Waals surface area contributed by atoms with Crippen LogP contribution in [0.3, 0.4) is 0 Å². The number of carbonyl (C=O) groups excluding carboxylic acids is 2. The predicted octanol–water partition coefficient (Wildman–Crippen LogP) is 6.13. The highest BCUT2D eigenvalue weighted by Gasteiger charge is 2.30. The topological polar surface area (TPSA) is 109 Å². The fourth-order valence-electron chi connectivity index (χ4n) is 5.48. The second-order valence-corrected chi connectivity index (χ2v) is 9.57. The second kappa shape index (κ2) is 8.41.